The number of hydrogen-bond donors (Lipinski definition) is 1. The Hall–Kier alpha value is -3.49. The minimum Gasteiger partial charge on any atom is -0.428 e. The van der Waals surface area contributed by atoms with E-state index in [4.69, 9.17) is 4.74 Å². The van der Waals surface area contributed by atoms with Crippen molar-refractivity contribution in [2.75, 3.05) is 6.54 Å². The summed E-state index contributed by atoms with van der Waals surface area (Å²) in [7, 11) is 0. The van der Waals surface area contributed by atoms with E-state index in [9.17, 15) is 14.9 Å². The van der Waals surface area contributed by atoms with Crippen LogP contribution in [0.3, 0.4) is 0 Å². The van der Waals surface area contributed by atoms with Gasteiger partial charge >= 0.3 is 5.97 Å². The second kappa shape index (κ2) is 10.3. The summed E-state index contributed by atoms with van der Waals surface area (Å²) in [6.45, 7) is 1.71. The predicted octanol–water partition coefficient (Wildman–Crippen LogP) is 1.67. The molecule has 5 heteroatoms. The highest BCUT2D eigenvalue weighted by molar-refractivity contribution is 5.68. The summed E-state index contributed by atoms with van der Waals surface area (Å²) in [5, 5.41) is 12.0. The summed E-state index contributed by atoms with van der Waals surface area (Å²) in [6.07, 6.45) is 4.13. The van der Waals surface area contributed by atoms with Crippen LogP contribution in [0.2, 0.25) is 0 Å². The molecule has 5 nitrogen and oxygen atoms in total. The van der Waals surface area contributed by atoms with Crippen molar-refractivity contribution in [3.8, 4) is 29.8 Å². The van der Waals surface area contributed by atoms with E-state index < -0.39 is 11.6 Å². The molecule has 0 aliphatic rings. The maximum atomic E-state index is 11.3. The molecular formula is C19H16N2O3. The molecule has 0 heterocycles. The van der Waals surface area contributed by atoms with Gasteiger partial charge in [0.05, 0.1) is 0 Å². The maximum absolute atomic E-state index is 11.3. The summed E-state index contributed by atoms with van der Waals surface area (Å²) in [5.74, 6) is 10.3. The predicted molar refractivity (Wildman–Crippen MR) is 88.9 cm³/mol. The van der Waals surface area contributed by atoms with Crippen molar-refractivity contribution in [1.29, 1.82) is 5.26 Å². The summed E-state index contributed by atoms with van der Waals surface area (Å²) in [5.41, 5.74) is -1.17. The van der Waals surface area contributed by atoms with Gasteiger partial charge in [-0.3, -0.25) is 9.59 Å². The van der Waals surface area contributed by atoms with E-state index in [1.807, 2.05) is 6.07 Å². The van der Waals surface area contributed by atoms with Crippen LogP contribution in [0.5, 0.6) is 0 Å². The van der Waals surface area contributed by atoms with Gasteiger partial charge in [0, 0.05) is 25.5 Å². The molecule has 120 valence electrons. The quantitative estimate of drug-likeness (QED) is 0.387. The average Bonchev–Trinajstić information content (AvgIpc) is 2.59. The summed E-state index contributed by atoms with van der Waals surface area (Å²) in [4.78, 5) is 21.4. The highest BCUT2D eigenvalue weighted by Gasteiger charge is 2.33. The van der Waals surface area contributed by atoms with E-state index in [-0.39, 0.29) is 0 Å². The van der Waals surface area contributed by atoms with Crippen molar-refractivity contribution in [3.05, 3.63) is 48.0 Å². The Bertz CT molecular complexity index is 755. The van der Waals surface area contributed by atoms with E-state index in [0.717, 1.165) is 0 Å². The van der Waals surface area contributed by atoms with Crippen LogP contribution in [0.4, 0.5) is 0 Å². The first-order chi connectivity index (χ1) is 11.6. The number of benzene rings is 1. The molecule has 0 aliphatic carbocycles. The Labute approximate surface area is 141 Å². The van der Waals surface area contributed by atoms with Gasteiger partial charge in [-0.2, -0.15) is 5.26 Å². The molecular weight excluding hydrogens is 304 g/mol. The molecule has 0 aromatic heterocycles. The zero-order chi connectivity index (χ0) is 17.7. The van der Waals surface area contributed by atoms with Crippen LogP contribution in [0, 0.1) is 35.0 Å². The van der Waals surface area contributed by atoms with Gasteiger partial charge in [0.15, 0.2) is 0 Å². The van der Waals surface area contributed by atoms with Crippen molar-refractivity contribution in [1.82, 2.24) is 5.32 Å². The number of nitrogens with zero attached hydrogens (tertiary/aromatic N) is 1. The number of nitrogens with one attached hydrogen (secondary N) is 1. The van der Waals surface area contributed by atoms with Gasteiger partial charge < -0.3 is 10.1 Å². The SMILES string of the molecule is CC(=O)OC(C#N)(C#C/C=C\C#CCCNC=O)c1ccccc1. The van der Waals surface area contributed by atoms with Gasteiger partial charge in [0.1, 0.15) is 6.07 Å². The van der Waals surface area contributed by atoms with Crippen LogP contribution in [0.1, 0.15) is 18.9 Å². The molecule has 1 atom stereocenters. The third-order valence-electron chi connectivity index (χ3n) is 2.71. The number of nitriles is 1. The first kappa shape index (κ1) is 18.6. The van der Waals surface area contributed by atoms with Crippen LogP contribution in [0.25, 0.3) is 0 Å². The molecule has 0 aliphatic heterocycles. The normalized spacial score (nSPS) is 11.7. The van der Waals surface area contributed by atoms with Crippen LogP contribution in [0.15, 0.2) is 42.5 Å². The van der Waals surface area contributed by atoms with E-state index in [1.165, 1.54) is 19.1 Å². The fourth-order valence-electron chi connectivity index (χ4n) is 1.71. The van der Waals surface area contributed by atoms with Crippen LogP contribution >= 0.6 is 0 Å². The van der Waals surface area contributed by atoms with Crippen molar-refractivity contribution < 1.29 is 14.3 Å². The molecule has 1 rings (SSSR count). The van der Waals surface area contributed by atoms with Gasteiger partial charge in [0.2, 0.25) is 6.41 Å². The Morgan fingerprint density at radius 1 is 1.29 bits per heavy atom. The third kappa shape index (κ3) is 6.10. The van der Waals surface area contributed by atoms with Crippen LogP contribution in [-0.2, 0) is 19.9 Å². The lowest BCUT2D eigenvalue weighted by Crippen LogP contribution is -2.28. The van der Waals surface area contributed by atoms with Crippen LogP contribution < -0.4 is 5.32 Å². The molecule has 0 fully saturated rings. The maximum Gasteiger partial charge on any atom is 0.305 e. The average molecular weight is 320 g/mol. The van der Waals surface area contributed by atoms with E-state index in [1.54, 1.807) is 30.3 Å². The molecule has 1 N–H and O–H groups in total. The van der Waals surface area contributed by atoms with E-state index in [2.05, 4.69) is 29.0 Å². The Balaban J connectivity index is 2.90. The molecule has 0 bridgehead atoms. The lowest BCUT2D eigenvalue weighted by Gasteiger charge is -2.20. The monoisotopic (exact) mass is 320 g/mol. The second-order valence-corrected chi connectivity index (χ2v) is 4.50. The third-order valence-corrected chi connectivity index (χ3v) is 2.71. The van der Waals surface area contributed by atoms with E-state index in [0.29, 0.717) is 24.9 Å². The molecule has 0 spiro atoms. The van der Waals surface area contributed by atoms with Crippen molar-refractivity contribution in [3.63, 3.8) is 0 Å². The first-order valence-corrected chi connectivity index (χ1v) is 7.14. The van der Waals surface area contributed by atoms with Crippen molar-refractivity contribution >= 4 is 12.4 Å². The van der Waals surface area contributed by atoms with Gasteiger partial charge in [-0.1, -0.05) is 48.1 Å². The molecule has 0 saturated carbocycles. The summed E-state index contributed by atoms with van der Waals surface area (Å²) in [6, 6.07) is 10.6. The Morgan fingerprint density at radius 2 is 2.00 bits per heavy atom. The van der Waals surface area contributed by atoms with Crippen molar-refractivity contribution in [2.45, 2.75) is 18.9 Å². The highest BCUT2D eigenvalue weighted by atomic mass is 16.6. The zero-order valence-corrected chi connectivity index (χ0v) is 13.2. The number of ether oxygens (including phenoxy) is 1. The zero-order valence-electron chi connectivity index (χ0n) is 13.2. The van der Waals surface area contributed by atoms with Gasteiger partial charge in [-0.05, 0) is 18.1 Å². The molecule has 1 unspecified atom stereocenters. The fourth-order valence-corrected chi connectivity index (χ4v) is 1.71. The smallest absolute Gasteiger partial charge is 0.305 e. The minimum absolute atomic E-state index is 0.480. The molecule has 24 heavy (non-hydrogen) atoms. The molecule has 0 saturated heterocycles. The number of hydrogen-bond acceptors (Lipinski definition) is 4. The van der Waals surface area contributed by atoms with E-state index >= 15 is 0 Å². The number of allylic oxidation sites excluding steroid dienone is 2. The lowest BCUT2D eigenvalue weighted by molar-refractivity contribution is -0.148. The molecule has 1 amide bonds. The largest absolute Gasteiger partial charge is 0.428 e. The Morgan fingerprint density at radius 3 is 2.62 bits per heavy atom. The number of rotatable bonds is 5. The molecule has 0 radical (unpaired) electrons. The topological polar surface area (TPSA) is 79.2 Å². The summed E-state index contributed by atoms with van der Waals surface area (Å²) < 4.78 is 5.16. The van der Waals surface area contributed by atoms with Gasteiger partial charge in [-0.25, -0.2) is 0 Å². The van der Waals surface area contributed by atoms with Gasteiger partial charge in [-0.15, -0.1) is 0 Å². The second-order valence-electron chi connectivity index (χ2n) is 4.50. The number of amides is 1. The Kier molecular flexibility index (Phi) is 7.94. The van der Waals surface area contributed by atoms with Crippen LogP contribution in [-0.4, -0.2) is 18.9 Å². The fraction of sp³-hybridized carbons (Fsp3) is 0.211. The molecule has 1 aromatic carbocycles. The van der Waals surface area contributed by atoms with Crippen molar-refractivity contribution in [2.24, 2.45) is 0 Å². The minimum atomic E-state index is -1.65. The summed E-state index contributed by atoms with van der Waals surface area (Å²) >= 11 is 0. The number of carbonyl (C=O) groups is 2. The number of esters is 1. The lowest BCUT2D eigenvalue weighted by atomic mass is 9.95. The molecule has 1 aromatic rings. The standard InChI is InChI=1S/C19H16N2O3/c1-17(23)24-19(15-20,18-11-7-6-8-12-18)13-9-4-2-3-5-10-14-21-16-22/h2,4,6-8,11-12,16H,10,14H2,1H3,(H,21,22)/b4-2-. The highest BCUT2D eigenvalue weighted by Crippen LogP contribution is 2.24. The van der Waals surface area contributed by atoms with Gasteiger partial charge in [0.25, 0.3) is 5.60 Å². The number of carbonyl (C=O) groups excluding carboxylic acids is 2. The first-order valence-electron chi connectivity index (χ1n) is 7.14.